The number of carbonyl (C=O) groups is 1. The Morgan fingerprint density at radius 2 is 2.08 bits per heavy atom. The quantitative estimate of drug-likeness (QED) is 0.903. The van der Waals surface area contributed by atoms with Crippen molar-refractivity contribution in [2.24, 2.45) is 0 Å². The van der Waals surface area contributed by atoms with Gasteiger partial charge in [0.15, 0.2) is 11.5 Å². The van der Waals surface area contributed by atoms with Crippen molar-refractivity contribution in [2.45, 2.75) is 12.5 Å². The Morgan fingerprint density at radius 3 is 2.88 bits per heavy atom. The second-order valence-corrected chi connectivity index (χ2v) is 5.87. The van der Waals surface area contributed by atoms with Crippen LogP contribution in [-0.2, 0) is 11.2 Å². The van der Waals surface area contributed by atoms with E-state index in [1.807, 2.05) is 24.3 Å². The van der Waals surface area contributed by atoms with Crippen molar-refractivity contribution in [1.29, 1.82) is 0 Å². The molecule has 5 nitrogen and oxygen atoms in total. The molecule has 0 spiro atoms. The van der Waals surface area contributed by atoms with Crippen LogP contribution in [0.5, 0.6) is 17.2 Å². The van der Waals surface area contributed by atoms with E-state index >= 15 is 0 Å². The molecular formula is C18H18ClNO4. The predicted molar refractivity (Wildman–Crippen MR) is 91.1 cm³/mol. The Morgan fingerprint density at radius 1 is 1.29 bits per heavy atom. The number of amides is 1. The molecule has 1 aliphatic heterocycles. The Labute approximate surface area is 145 Å². The van der Waals surface area contributed by atoms with Gasteiger partial charge in [-0.3, -0.25) is 4.79 Å². The van der Waals surface area contributed by atoms with Crippen LogP contribution in [0.3, 0.4) is 0 Å². The van der Waals surface area contributed by atoms with Crippen molar-refractivity contribution in [1.82, 2.24) is 5.32 Å². The zero-order valence-electron chi connectivity index (χ0n) is 13.3. The highest BCUT2D eigenvalue weighted by Crippen LogP contribution is 2.30. The van der Waals surface area contributed by atoms with Gasteiger partial charge >= 0.3 is 0 Å². The van der Waals surface area contributed by atoms with Crippen LogP contribution in [0.25, 0.3) is 0 Å². The second-order valence-electron chi connectivity index (χ2n) is 5.43. The summed E-state index contributed by atoms with van der Waals surface area (Å²) in [6.07, 6.45) is -0.0291. The number of benzene rings is 2. The number of hydrogen-bond donors (Lipinski definition) is 1. The third-order valence-corrected chi connectivity index (χ3v) is 3.92. The highest BCUT2D eigenvalue weighted by Gasteiger charge is 2.21. The maximum Gasteiger partial charge on any atom is 0.224 e. The molecule has 3 rings (SSSR count). The van der Waals surface area contributed by atoms with Gasteiger partial charge in [0, 0.05) is 10.6 Å². The van der Waals surface area contributed by atoms with Crippen LogP contribution in [-0.4, -0.2) is 32.3 Å². The number of para-hydroxylation sites is 2. The number of hydrogen-bond acceptors (Lipinski definition) is 4. The number of fused-ring (bicyclic) bond motifs is 1. The van der Waals surface area contributed by atoms with E-state index in [1.54, 1.807) is 25.3 Å². The zero-order chi connectivity index (χ0) is 16.9. The first-order valence-corrected chi connectivity index (χ1v) is 8.01. The molecule has 1 amide bonds. The maximum atomic E-state index is 12.2. The van der Waals surface area contributed by atoms with Gasteiger partial charge in [0.25, 0.3) is 0 Å². The highest BCUT2D eigenvalue weighted by molar-refractivity contribution is 6.30. The van der Waals surface area contributed by atoms with Crippen LogP contribution >= 0.6 is 11.6 Å². The Hall–Kier alpha value is -2.40. The molecule has 6 heteroatoms. The first kappa shape index (κ1) is 16.5. The number of halogens is 1. The van der Waals surface area contributed by atoms with E-state index in [-0.39, 0.29) is 18.4 Å². The molecule has 126 valence electrons. The summed E-state index contributed by atoms with van der Waals surface area (Å²) >= 11 is 5.98. The molecular weight excluding hydrogens is 330 g/mol. The van der Waals surface area contributed by atoms with Gasteiger partial charge in [-0.15, -0.1) is 0 Å². The fourth-order valence-corrected chi connectivity index (χ4v) is 2.71. The molecule has 0 fully saturated rings. The number of ether oxygens (including phenoxy) is 3. The molecule has 1 heterocycles. The summed E-state index contributed by atoms with van der Waals surface area (Å²) in [6, 6.07) is 12.7. The lowest BCUT2D eigenvalue weighted by atomic mass is 10.1. The molecule has 2 aromatic rings. The number of carbonyl (C=O) groups excluding carboxylic acids is 1. The fraction of sp³-hybridized carbons (Fsp3) is 0.278. The van der Waals surface area contributed by atoms with Crippen LogP contribution in [0.2, 0.25) is 5.02 Å². The highest BCUT2D eigenvalue weighted by atomic mass is 35.5. The van der Waals surface area contributed by atoms with Crippen LogP contribution in [0.1, 0.15) is 5.56 Å². The molecule has 0 aliphatic carbocycles. The molecule has 1 N–H and O–H groups in total. The van der Waals surface area contributed by atoms with Gasteiger partial charge in [-0.05, 0) is 30.3 Å². The third-order valence-electron chi connectivity index (χ3n) is 3.69. The Bertz CT molecular complexity index is 735. The van der Waals surface area contributed by atoms with E-state index in [0.29, 0.717) is 29.7 Å². The number of methoxy groups -OCH3 is 1. The average molecular weight is 348 g/mol. The summed E-state index contributed by atoms with van der Waals surface area (Å²) in [4.78, 5) is 12.2. The van der Waals surface area contributed by atoms with Gasteiger partial charge in [-0.2, -0.15) is 0 Å². The fourth-order valence-electron chi connectivity index (χ4n) is 2.51. The second kappa shape index (κ2) is 7.45. The van der Waals surface area contributed by atoms with E-state index in [2.05, 4.69) is 5.32 Å². The van der Waals surface area contributed by atoms with Crippen molar-refractivity contribution < 1.29 is 19.0 Å². The summed E-state index contributed by atoms with van der Waals surface area (Å²) in [5.74, 6) is 1.93. The minimum absolute atomic E-state index is 0.127. The Balaban J connectivity index is 1.54. The number of nitrogens with one attached hydrogen (secondary N) is 1. The van der Waals surface area contributed by atoms with Gasteiger partial charge in [-0.25, -0.2) is 0 Å². The van der Waals surface area contributed by atoms with Gasteiger partial charge in [0.05, 0.1) is 20.1 Å². The molecule has 0 radical (unpaired) electrons. The van der Waals surface area contributed by atoms with Gasteiger partial charge in [0.1, 0.15) is 18.5 Å². The molecule has 0 aromatic heterocycles. The molecule has 0 bridgehead atoms. The van der Waals surface area contributed by atoms with Crippen LogP contribution < -0.4 is 19.5 Å². The van der Waals surface area contributed by atoms with E-state index in [4.69, 9.17) is 25.8 Å². The minimum Gasteiger partial charge on any atom is -0.496 e. The smallest absolute Gasteiger partial charge is 0.224 e. The minimum atomic E-state index is -0.217. The van der Waals surface area contributed by atoms with Crippen molar-refractivity contribution in [3.63, 3.8) is 0 Å². The zero-order valence-corrected chi connectivity index (χ0v) is 14.0. The summed E-state index contributed by atoms with van der Waals surface area (Å²) in [7, 11) is 1.56. The van der Waals surface area contributed by atoms with Crippen LogP contribution in [0.15, 0.2) is 42.5 Å². The van der Waals surface area contributed by atoms with Crippen molar-refractivity contribution in [3.8, 4) is 17.2 Å². The largest absolute Gasteiger partial charge is 0.496 e. The third kappa shape index (κ3) is 3.92. The average Bonchev–Trinajstić information content (AvgIpc) is 2.60. The summed E-state index contributed by atoms with van der Waals surface area (Å²) < 4.78 is 16.7. The molecule has 0 saturated heterocycles. The van der Waals surface area contributed by atoms with Crippen molar-refractivity contribution >= 4 is 17.5 Å². The monoisotopic (exact) mass is 347 g/mol. The standard InChI is InChI=1S/C18H18ClNO4/c1-22-15-7-6-13(19)8-12(15)9-18(21)20-10-14-11-23-16-4-2-3-5-17(16)24-14/h2-8,14H,9-11H2,1H3,(H,20,21)/t14-/m1/s1. The lowest BCUT2D eigenvalue weighted by molar-refractivity contribution is -0.121. The van der Waals surface area contributed by atoms with Crippen LogP contribution in [0, 0.1) is 0 Å². The van der Waals surface area contributed by atoms with Gasteiger partial charge in [0.2, 0.25) is 5.91 Å². The first-order chi connectivity index (χ1) is 11.7. The first-order valence-electron chi connectivity index (χ1n) is 7.63. The number of rotatable bonds is 5. The maximum absolute atomic E-state index is 12.2. The normalized spacial score (nSPS) is 15.7. The molecule has 1 atom stereocenters. The van der Waals surface area contributed by atoms with E-state index in [1.165, 1.54) is 0 Å². The SMILES string of the molecule is COc1ccc(Cl)cc1CC(=O)NC[C@@H]1COc2ccccc2O1. The molecule has 24 heavy (non-hydrogen) atoms. The summed E-state index contributed by atoms with van der Waals surface area (Å²) in [5.41, 5.74) is 0.744. The lowest BCUT2D eigenvalue weighted by Gasteiger charge is -2.26. The molecule has 0 unspecified atom stereocenters. The predicted octanol–water partition coefficient (Wildman–Crippen LogP) is 2.85. The van der Waals surface area contributed by atoms with E-state index in [9.17, 15) is 4.79 Å². The van der Waals surface area contributed by atoms with Crippen LogP contribution in [0.4, 0.5) is 0 Å². The van der Waals surface area contributed by atoms with E-state index in [0.717, 1.165) is 11.3 Å². The molecule has 2 aromatic carbocycles. The molecule has 0 saturated carbocycles. The van der Waals surface area contributed by atoms with E-state index < -0.39 is 0 Å². The molecule has 1 aliphatic rings. The summed E-state index contributed by atoms with van der Waals surface area (Å²) in [6.45, 7) is 0.772. The topological polar surface area (TPSA) is 56.8 Å². The van der Waals surface area contributed by atoms with Crippen molar-refractivity contribution in [3.05, 3.63) is 53.1 Å². The van der Waals surface area contributed by atoms with Gasteiger partial charge < -0.3 is 19.5 Å². The summed E-state index contributed by atoms with van der Waals surface area (Å²) in [5, 5.41) is 3.43. The Kier molecular flexibility index (Phi) is 5.11. The van der Waals surface area contributed by atoms with Crippen molar-refractivity contribution in [2.75, 3.05) is 20.3 Å². The van der Waals surface area contributed by atoms with Gasteiger partial charge in [-0.1, -0.05) is 23.7 Å². The lowest BCUT2D eigenvalue weighted by Crippen LogP contribution is -2.41.